The van der Waals surface area contributed by atoms with Gasteiger partial charge >= 0.3 is 0 Å². The summed E-state index contributed by atoms with van der Waals surface area (Å²) in [6.45, 7) is 2.11. The number of aliphatic hydroxyl groups excluding tert-OH is 1. The zero-order valence-corrected chi connectivity index (χ0v) is 14.9. The number of nitrogens with one attached hydrogen (secondary N) is 1. The summed E-state index contributed by atoms with van der Waals surface area (Å²) in [6.07, 6.45) is 2.38. The molecule has 0 spiro atoms. The third kappa shape index (κ3) is 2.94. The van der Waals surface area contributed by atoms with Crippen molar-refractivity contribution in [3.05, 3.63) is 48.0 Å². The van der Waals surface area contributed by atoms with Crippen LogP contribution in [0, 0.1) is 5.92 Å². The summed E-state index contributed by atoms with van der Waals surface area (Å²) in [7, 11) is 1.60. The highest BCUT2D eigenvalue weighted by molar-refractivity contribution is 5.89. The molecule has 2 fully saturated rings. The van der Waals surface area contributed by atoms with Crippen molar-refractivity contribution in [3.8, 4) is 0 Å². The minimum absolute atomic E-state index is 0.0593. The van der Waals surface area contributed by atoms with Gasteiger partial charge in [0, 0.05) is 18.0 Å². The molecule has 2 saturated heterocycles. The Bertz CT molecular complexity index is 788. The lowest BCUT2D eigenvalue weighted by Crippen LogP contribution is -2.50. The standard InChI is InChI=1S/C21H26N2O2/c1-3-18(23-25-2)20-17(11-16-12-19(24)21(20)22-16)15-9-8-13-6-4-5-7-14(13)10-15/h4-10,16-17,19-22,24H,3,11-12H2,1-2H3/t16?,17-,19?,20-,21-/m1/s1. The smallest absolute Gasteiger partial charge is 0.106 e. The van der Waals surface area contributed by atoms with Gasteiger partial charge in [0.05, 0.1) is 11.8 Å². The molecule has 2 N–H and O–H groups in total. The summed E-state index contributed by atoms with van der Waals surface area (Å²) in [6, 6.07) is 15.7. The van der Waals surface area contributed by atoms with Gasteiger partial charge in [0.15, 0.2) is 0 Å². The van der Waals surface area contributed by atoms with Crippen LogP contribution in [0.5, 0.6) is 0 Å². The molecule has 0 radical (unpaired) electrons. The highest BCUT2D eigenvalue weighted by Gasteiger charge is 2.48. The van der Waals surface area contributed by atoms with E-state index in [0.29, 0.717) is 12.0 Å². The van der Waals surface area contributed by atoms with E-state index in [1.54, 1.807) is 7.11 Å². The Hall–Kier alpha value is -1.91. The Morgan fingerprint density at radius 2 is 2.00 bits per heavy atom. The molecule has 5 atom stereocenters. The van der Waals surface area contributed by atoms with Crippen LogP contribution in [0.25, 0.3) is 10.8 Å². The Balaban J connectivity index is 1.77. The van der Waals surface area contributed by atoms with Gasteiger partial charge in [-0.1, -0.05) is 54.5 Å². The Kier molecular flexibility index (Phi) is 4.48. The minimum atomic E-state index is -0.311. The maximum atomic E-state index is 10.6. The maximum Gasteiger partial charge on any atom is 0.106 e. The second-order valence-corrected chi connectivity index (χ2v) is 7.29. The predicted molar refractivity (Wildman–Crippen MR) is 101 cm³/mol. The average Bonchev–Trinajstić information content (AvgIpc) is 2.94. The van der Waals surface area contributed by atoms with E-state index in [4.69, 9.17) is 4.84 Å². The molecular weight excluding hydrogens is 312 g/mol. The first kappa shape index (κ1) is 16.6. The third-order valence-corrected chi connectivity index (χ3v) is 5.88. The van der Waals surface area contributed by atoms with E-state index >= 15 is 0 Å². The van der Waals surface area contributed by atoms with E-state index in [9.17, 15) is 5.11 Å². The molecule has 132 valence electrons. The number of benzene rings is 2. The molecule has 2 bridgehead atoms. The molecule has 2 aromatic rings. The van der Waals surface area contributed by atoms with Crippen molar-refractivity contribution >= 4 is 16.5 Å². The molecule has 25 heavy (non-hydrogen) atoms. The monoisotopic (exact) mass is 338 g/mol. The average molecular weight is 338 g/mol. The second-order valence-electron chi connectivity index (χ2n) is 7.29. The minimum Gasteiger partial charge on any atom is -0.399 e. The molecule has 4 nitrogen and oxygen atoms in total. The summed E-state index contributed by atoms with van der Waals surface area (Å²) >= 11 is 0. The second kappa shape index (κ2) is 6.77. The van der Waals surface area contributed by atoms with Gasteiger partial charge in [-0.05, 0) is 41.5 Å². The first-order chi connectivity index (χ1) is 12.2. The molecular formula is C21H26N2O2. The van der Waals surface area contributed by atoms with Crippen LogP contribution in [0.2, 0.25) is 0 Å². The summed E-state index contributed by atoms with van der Waals surface area (Å²) in [5, 5.41) is 21.0. The molecule has 2 aliphatic rings. The number of piperidine rings is 1. The van der Waals surface area contributed by atoms with Crippen LogP contribution in [-0.2, 0) is 4.84 Å². The topological polar surface area (TPSA) is 53.9 Å². The SMILES string of the molecule is CCC(=NOC)[C@H]1[C@@H](c2ccc3ccccc3c2)CC2CC(O)[C@H]1N2. The van der Waals surface area contributed by atoms with Crippen molar-refractivity contribution in [3.63, 3.8) is 0 Å². The number of aliphatic hydroxyl groups is 1. The summed E-state index contributed by atoms with van der Waals surface area (Å²) < 4.78 is 0. The fourth-order valence-electron chi connectivity index (χ4n) is 4.80. The first-order valence-electron chi connectivity index (χ1n) is 9.24. The quantitative estimate of drug-likeness (QED) is 0.663. The molecule has 2 heterocycles. The fourth-order valence-corrected chi connectivity index (χ4v) is 4.80. The lowest BCUT2D eigenvalue weighted by molar-refractivity contribution is 0.136. The Morgan fingerprint density at radius 3 is 2.76 bits per heavy atom. The lowest BCUT2D eigenvalue weighted by atomic mass is 9.73. The third-order valence-electron chi connectivity index (χ3n) is 5.88. The molecule has 4 rings (SSSR count). The van der Waals surface area contributed by atoms with E-state index < -0.39 is 0 Å². The lowest BCUT2D eigenvalue weighted by Gasteiger charge is -2.39. The van der Waals surface area contributed by atoms with E-state index in [0.717, 1.165) is 25.0 Å². The normalized spacial score (nSPS) is 32.1. The van der Waals surface area contributed by atoms with E-state index in [-0.39, 0.29) is 18.1 Å². The van der Waals surface area contributed by atoms with Gasteiger partial charge in [0.2, 0.25) is 0 Å². The summed E-state index contributed by atoms with van der Waals surface area (Å²) in [5.74, 6) is 0.520. The molecule has 0 aromatic heterocycles. The number of hydrogen-bond acceptors (Lipinski definition) is 4. The van der Waals surface area contributed by atoms with Crippen LogP contribution in [0.3, 0.4) is 0 Å². The van der Waals surface area contributed by atoms with Crippen LogP contribution in [-0.4, -0.2) is 36.1 Å². The molecule has 4 heteroatoms. The molecule has 2 aromatic carbocycles. The van der Waals surface area contributed by atoms with Gasteiger partial charge < -0.3 is 15.3 Å². The van der Waals surface area contributed by atoms with E-state index in [2.05, 4.69) is 59.9 Å². The molecule has 0 aliphatic carbocycles. The summed E-state index contributed by atoms with van der Waals surface area (Å²) in [4.78, 5) is 5.12. The largest absolute Gasteiger partial charge is 0.399 e. The first-order valence-corrected chi connectivity index (χ1v) is 9.24. The van der Waals surface area contributed by atoms with Gasteiger partial charge in [-0.2, -0.15) is 0 Å². The number of nitrogens with zero attached hydrogens (tertiary/aromatic N) is 1. The molecule has 0 amide bonds. The van der Waals surface area contributed by atoms with Crippen molar-refractivity contribution in [1.29, 1.82) is 0 Å². The maximum absolute atomic E-state index is 10.6. The van der Waals surface area contributed by atoms with E-state index in [1.807, 2.05) is 0 Å². The zero-order chi connectivity index (χ0) is 17.4. The Labute approximate surface area is 148 Å². The Morgan fingerprint density at radius 1 is 1.20 bits per heavy atom. The van der Waals surface area contributed by atoms with E-state index in [1.165, 1.54) is 16.3 Å². The van der Waals surface area contributed by atoms with Crippen molar-refractivity contribution < 1.29 is 9.94 Å². The van der Waals surface area contributed by atoms with Crippen LogP contribution >= 0.6 is 0 Å². The van der Waals surface area contributed by atoms with Gasteiger partial charge in [-0.3, -0.25) is 0 Å². The number of fused-ring (bicyclic) bond motifs is 3. The molecule has 2 unspecified atom stereocenters. The van der Waals surface area contributed by atoms with Gasteiger partial charge in [0.1, 0.15) is 7.11 Å². The van der Waals surface area contributed by atoms with Gasteiger partial charge in [-0.25, -0.2) is 0 Å². The number of rotatable bonds is 4. The number of hydrogen-bond donors (Lipinski definition) is 2. The predicted octanol–water partition coefficient (Wildman–Crippen LogP) is 3.45. The van der Waals surface area contributed by atoms with Gasteiger partial charge in [-0.15, -0.1) is 0 Å². The van der Waals surface area contributed by atoms with Crippen molar-refractivity contribution in [2.24, 2.45) is 11.1 Å². The highest BCUT2D eigenvalue weighted by Crippen LogP contribution is 2.43. The fraction of sp³-hybridized carbons (Fsp3) is 0.476. The molecule has 0 saturated carbocycles. The zero-order valence-electron chi connectivity index (χ0n) is 14.9. The van der Waals surface area contributed by atoms with Crippen LogP contribution in [0.1, 0.15) is 37.7 Å². The van der Waals surface area contributed by atoms with Crippen molar-refractivity contribution in [2.45, 2.75) is 50.3 Å². The van der Waals surface area contributed by atoms with Crippen LogP contribution in [0.15, 0.2) is 47.6 Å². The highest BCUT2D eigenvalue weighted by atomic mass is 16.6. The van der Waals surface area contributed by atoms with Crippen molar-refractivity contribution in [2.75, 3.05) is 7.11 Å². The molecule has 2 aliphatic heterocycles. The van der Waals surface area contributed by atoms with Crippen molar-refractivity contribution in [1.82, 2.24) is 5.32 Å². The van der Waals surface area contributed by atoms with Gasteiger partial charge in [0.25, 0.3) is 0 Å². The summed E-state index contributed by atoms with van der Waals surface area (Å²) in [5.41, 5.74) is 2.38. The number of oxime groups is 1. The van der Waals surface area contributed by atoms with Crippen LogP contribution < -0.4 is 5.32 Å². The van der Waals surface area contributed by atoms with Crippen LogP contribution in [0.4, 0.5) is 0 Å².